The lowest BCUT2D eigenvalue weighted by Crippen LogP contribution is -2.16. The van der Waals surface area contributed by atoms with Crippen LogP contribution in [0.4, 0.5) is 0 Å². The Labute approximate surface area is 253 Å². The average Bonchev–Trinajstić information content (AvgIpc) is 3.10. The molecule has 0 amide bonds. The van der Waals surface area contributed by atoms with E-state index in [1.54, 1.807) is 0 Å². The van der Waals surface area contributed by atoms with Crippen LogP contribution < -0.4 is 0 Å². The maximum Gasteiger partial charge on any atom is 0.0708 e. The van der Waals surface area contributed by atoms with Gasteiger partial charge in [-0.25, -0.2) is 0 Å². The summed E-state index contributed by atoms with van der Waals surface area (Å²) in [4.78, 5) is 14.9. The standard InChI is InChI=1S/C40H33N3/c1-28-35(33-25-39(30-15-7-3-8-16-30)43-40(26-33)31-17-9-4-10-18-31)23-34(37-19-11-12-22-41-37)24-36(28)38-21-20-32(27-42-38)29-13-5-2-6-14-29/h2-17,19-28,31,35H,18H2,1H3/t28?,31?,35-/m0/s1. The molecule has 5 aromatic rings. The SMILES string of the molecule is CC1C(c2ccc(-c3ccccc3)cn2)=CC(c2ccccn2)=C[C@@H]1c1cc(-c2ccccc2)nc(C2C=CC=CC2)c1. The summed E-state index contributed by atoms with van der Waals surface area (Å²) in [6.45, 7) is 2.32. The lowest BCUT2D eigenvalue weighted by Gasteiger charge is -2.30. The van der Waals surface area contributed by atoms with Crippen LogP contribution in [-0.4, -0.2) is 15.0 Å². The van der Waals surface area contributed by atoms with Crippen LogP contribution in [0.25, 0.3) is 33.5 Å². The second kappa shape index (κ2) is 12.0. The molecule has 0 bridgehead atoms. The first-order valence-electron chi connectivity index (χ1n) is 15.0. The lowest BCUT2D eigenvalue weighted by molar-refractivity contribution is 0.649. The van der Waals surface area contributed by atoms with E-state index in [1.165, 1.54) is 16.7 Å². The Hall–Kier alpha value is -5.15. The van der Waals surface area contributed by atoms with Crippen LogP contribution in [0.15, 0.2) is 152 Å². The van der Waals surface area contributed by atoms with Crippen molar-refractivity contribution in [2.45, 2.75) is 25.2 Å². The minimum Gasteiger partial charge on any atom is -0.256 e. The summed E-state index contributed by atoms with van der Waals surface area (Å²) < 4.78 is 0. The fraction of sp³-hybridized carbons (Fsp3) is 0.125. The van der Waals surface area contributed by atoms with Crippen LogP contribution in [-0.2, 0) is 0 Å². The third-order valence-corrected chi connectivity index (χ3v) is 8.51. The minimum absolute atomic E-state index is 0.125. The first-order valence-corrected chi connectivity index (χ1v) is 15.0. The first-order chi connectivity index (χ1) is 21.2. The van der Waals surface area contributed by atoms with E-state index in [2.05, 4.69) is 134 Å². The van der Waals surface area contributed by atoms with Crippen molar-refractivity contribution in [3.05, 3.63) is 175 Å². The van der Waals surface area contributed by atoms with Gasteiger partial charge in [-0.1, -0.05) is 110 Å². The van der Waals surface area contributed by atoms with E-state index in [4.69, 9.17) is 15.0 Å². The zero-order valence-corrected chi connectivity index (χ0v) is 24.2. The Morgan fingerprint density at radius 3 is 2.16 bits per heavy atom. The monoisotopic (exact) mass is 555 g/mol. The lowest BCUT2D eigenvalue weighted by atomic mass is 9.75. The van der Waals surface area contributed by atoms with E-state index in [1.807, 2.05) is 24.5 Å². The largest absolute Gasteiger partial charge is 0.256 e. The number of hydrogen-bond donors (Lipinski definition) is 0. The van der Waals surface area contributed by atoms with Gasteiger partial charge in [0.15, 0.2) is 0 Å². The average molecular weight is 556 g/mol. The normalized spacial score (nSPS) is 19.5. The Bertz CT molecular complexity index is 1830. The van der Waals surface area contributed by atoms with Gasteiger partial charge >= 0.3 is 0 Å². The Balaban J connectivity index is 1.34. The molecule has 2 aliphatic rings. The molecule has 0 fully saturated rings. The number of nitrogens with zero attached hydrogens (tertiary/aromatic N) is 3. The molecule has 3 aromatic heterocycles. The molecule has 0 radical (unpaired) electrons. The number of benzene rings is 2. The van der Waals surface area contributed by atoms with Gasteiger partial charge in [-0.3, -0.25) is 15.0 Å². The highest BCUT2D eigenvalue weighted by molar-refractivity contribution is 5.86. The molecule has 3 heterocycles. The molecule has 2 aliphatic carbocycles. The van der Waals surface area contributed by atoms with E-state index in [-0.39, 0.29) is 17.8 Å². The Kier molecular flexibility index (Phi) is 7.45. The number of rotatable bonds is 6. The summed E-state index contributed by atoms with van der Waals surface area (Å²) in [5.74, 6) is 0.580. The van der Waals surface area contributed by atoms with Gasteiger partial charge in [0, 0.05) is 41.1 Å². The van der Waals surface area contributed by atoms with Crippen LogP contribution in [0.5, 0.6) is 0 Å². The highest BCUT2D eigenvalue weighted by atomic mass is 14.7. The molecule has 0 aliphatic heterocycles. The zero-order chi connectivity index (χ0) is 29.0. The molecule has 0 saturated carbocycles. The minimum atomic E-state index is 0.125. The van der Waals surface area contributed by atoms with Gasteiger partial charge in [-0.15, -0.1) is 0 Å². The predicted octanol–water partition coefficient (Wildman–Crippen LogP) is 9.71. The number of hydrogen-bond acceptors (Lipinski definition) is 3. The number of allylic oxidation sites excluding steroid dienone is 8. The van der Waals surface area contributed by atoms with Gasteiger partial charge in [0.1, 0.15) is 0 Å². The van der Waals surface area contributed by atoms with Crippen molar-refractivity contribution < 1.29 is 0 Å². The molecule has 3 nitrogen and oxygen atoms in total. The molecule has 2 unspecified atom stereocenters. The Morgan fingerprint density at radius 1 is 0.674 bits per heavy atom. The molecule has 3 atom stereocenters. The molecule has 0 saturated heterocycles. The molecular weight excluding hydrogens is 522 g/mol. The van der Waals surface area contributed by atoms with Gasteiger partial charge < -0.3 is 0 Å². The summed E-state index contributed by atoms with van der Waals surface area (Å²) in [7, 11) is 0. The fourth-order valence-corrected chi connectivity index (χ4v) is 6.14. The van der Waals surface area contributed by atoms with Crippen molar-refractivity contribution >= 4 is 11.1 Å². The van der Waals surface area contributed by atoms with E-state index in [0.29, 0.717) is 0 Å². The van der Waals surface area contributed by atoms with Crippen molar-refractivity contribution in [2.75, 3.05) is 0 Å². The fourth-order valence-electron chi connectivity index (χ4n) is 6.14. The highest BCUT2D eigenvalue weighted by Gasteiger charge is 2.29. The van der Waals surface area contributed by atoms with E-state index >= 15 is 0 Å². The quantitative estimate of drug-likeness (QED) is 0.209. The van der Waals surface area contributed by atoms with Crippen LogP contribution in [0.1, 0.15) is 47.8 Å². The third-order valence-electron chi connectivity index (χ3n) is 8.51. The summed E-state index contributed by atoms with van der Waals surface area (Å²) in [5, 5.41) is 0. The summed E-state index contributed by atoms with van der Waals surface area (Å²) >= 11 is 0. The summed E-state index contributed by atoms with van der Waals surface area (Å²) in [5.41, 5.74) is 11.1. The van der Waals surface area contributed by atoms with Gasteiger partial charge in [-0.05, 0) is 71.0 Å². The summed E-state index contributed by atoms with van der Waals surface area (Å²) in [6.07, 6.45) is 18.2. The van der Waals surface area contributed by atoms with Gasteiger partial charge in [0.05, 0.1) is 17.1 Å². The number of pyridine rings is 3. The highest BCUT2D eigenvalue weighted by Crippen LogP contribution is 2.44. The van der Waals surface area contributed by atoms with Gasteiger partial charge in [-0.2, -0.15) is 0 Å². The van der Waals surface area contributed by atoms with Crippen molar-refractivity contribution in [1.29, 1.82) is 0 Å². The van der Waals surface area contributed by atoms with Crippen LogP contribution in [0.3, 0.4) is 0 Å². The van der Waals surface area contributed by atoms with E-state index in [0.717, 1.165) is 45.9 Å². The second-order valence-electron chi connectivity index (χ2n) is 11.3. The van der Waals surface area contributed by atoms with Crippen molar-refractivity contribution in [1.82, 2.24) is 15.0 Å². The summed E-state index contributed by atoms with van der Waals surface area (Å²) in [6, 6.07) is 36.0. The first kappa shape index (κ1) is 26.7. The van der Waals surface area contributed by atoms with Gasteiger partial charge in [0.2, 0.25) is 0 Å². The molecule has 7 rings (SSSR count). The predicted molar refractivity (Wildman–Crippen MR) is 177 cm³/mol. The maximum atomic E-state index is 5.19. The van der Waals surface area contributed by atoms with Crippen LogP contribution in [0, 0.1) is 5.92 Å². The van der Waals surface area contributed by atoms with Crippen molar-refractivity contribution in [3.8, 4) is 22.4 Å². The molecule has 43 heavy (non-hydrogen) atoms. The maximum absolute atomic E-state index is 5.19. The Morgan fingerprint density at radius 2 is 1.47 bits per heavy atom. The van der Waals surface area contributed by atoms with Crippen LogP contribution >= 0.6 is 0 Å². The zero-order valence-electron chi connectivity index (χ0n) is 24.2. The van der Waals surface area contributed by atoms with Crippen LogP contribution in [0.2, 0.25) is 0 Å². The van der Waals surface area contributed by atoms with Crippen molar-refractivity contribution in [2.24, 2.45) is 5.92 Å². The van der Waals surface area contributed by atoms with E-state index < -0.39 is 0 Å². The smallest absolute Gasteiger partial charge is 0.0708 e. The second-order valence-corrected chi connectivity index (χ2v) is 11.3. The van der Waals surface area contributed by atoms with Crippen molar-refractivity contribution in [3.63, 3.8) is 0 Å². The van der Waals surface area contributed by atoms with Gasteiger partial charge in [0.25, 0.3) is 0 Å². The molecular formula is C40H33N3. The van der Waals surface area contributed by atoms with E-state index in [9.17, 15) is 0 Å². The topological polar surface area (TPSA) is 38.7 Å². The molecule has 2 aromatic carbocycles. The molecule has 208 valence electrons. The number of aromatic nitrogens is 3. The molecule has 3 heteroatoms. The molecule has 0 spiro atoms. The third kappa shape index (κ3) is 5.67. The molecule has 0 N–H and O–H groups in total.